The summed E-state index contributed by atoms with van der Waals surface area (Å²) in [7, 11) is -3.92. The van der Waals surface area contributed by atoms with Crippen LogP contribution in [0.5, 0.6) is 5.75 Å². The van der Waals surface area contributed by atoms with E-state index in [4.69, 9.17) is 16.3 Å². The Morgan fingerprint density at radius 1 is 1.14 bits per heavy atom. The van der Waals surface area contributed by atoms with Crippen molar-refractivity contribution in [1.29, 1.82) is 0 Å². The average molecular weight is 641 g/mol. The molecule has 0 aromatic heterocycles. The lowest BCUT2D eigenvalue weighted by atomic mass is 9.62. The molecule has 4 aliphatic rings. The summed E-state index contributed by atoms with van der Waals surface area (Å²) in [5.41, 5.74) is 2.42. The van der Waals surface area contributed by atoms with E-state index in [1.165, 1.54) is 11.1 Å². The number of anilines is 1. The van der Waals surface area contributed by atoms with E-state index in [1.54, 1.807) is 25.1 Å². The molecule has 6 atom stereocenters. The first-order chi connectivity index (χ1) is 20.9. The van der Waals surface area contributed by atoms with Crippen LogP contribution in [0.3, 0.4) is 0 Å². The van der Waals surface area contributed by atoms with Crippen molar-refractivity contribution < 1.29 is 23.1 Å². The van der Waals surface area contributed by atoms with Crippen LogP contribution in [-0.2, 0) is 21.9 Å². The number of halogens is 1. The SMILES string of the molecule is C=CC[C@@]1(O)CCC[C@H](C)[C@@H](C)S(=O)(=O)NC(=O)c2ccc3c(c2)N(C[C@@H]2CC[C@H]21)C[C@@]1(CCCc2cc(Cl)ccc21)CO3. The summed E-state index contributed by atoms with van der Waals surface area (Å²) in [5.74, 6) is 0.245. The second kappa shape index (κ2) is 12.0. The molecule has 0 radical (unpaired) electrons. The fourth-order valence-electron chi connectivity index (χ4n) is 8.27. The number of aryl methyl sites for hydroxylation is 1. The van der Waals surface area contributed by atoms with Gasteiger partial charge in [0.15, 0.2) is 0 Å². The maximum Gasteiger partial charge on any atom is 0.264 e. The van der Waals surface area contributed by atoms with Crippen molar-refractivity contribution in [3.8, 4) is 5.75 Å². The van der Waals surface area contributed by atoms with Gasteiger partial charge in [-0.1, -0.05) is 37.1 Å². The van der Waals surface area contributed by atoms with E-state index in [-0.39, 0.29) is 28.7 Å². The van der Waals surface area contributed by atoms with Crippen LogP contribution in [0.1, 0.15) is 86.7 Å². The van der Waals surface area contributed by atoms with Crippen molar-refractivity contribution in [2.45, 2.75) is 87.9 Å². The number of benzene rings is 2. The minimum Gasteiger partial charge on any atom is -0.490 e. The van der Waals surface area contributed by atoms with E-state index < -0.39 is 26.8 Å². The van der Waals surface area contributed by atoms with Gasteiger partial charge in [-0.3, -0.25) is 4.79 Å². The largest absolute Gasteiger partial charge is 0.490 e. The maximum atomic E-state index is 13.4. The summed E-state index contributed by atoms with van der Waals surface area (Å²) in [6, 6.07) is 11.4. The van der Waals surface area contributed by atoms with Crippen molar-refractivity contribution in [2.75, 3.05) is 24.6 Å². The molecule has 2 aliphatic carbocycles. The summed E-state index contributed by atoms with van der Waals surface area (Å²) in [5, 5.41) is 12.1. The van der Waals surface area contributed by atoms with E-state index in [1.807, 2.05) is 19.1 Å². The van der Waals surface area contributed by atoms with Crippen LogP contribution in [0.2, 0.25) is 5.02 Å². The second-order valence-electron chi connectivity index (χ2n) is 13.9. The monoisotopic (exact) mass is 640 g/mol. The van der Waals surface area contributed by atoms with Gasteiger partial charge in [-0.2, -0.15) is 0 Å². The van der Waals surface area contributed by atoms with Gasteiger partial charge in [0.1, 0.15) is 5.75 Å². The van der Waals surface area contributed by atoms with Crippen molar-refractivity contribution in [3.63, 3.8) is 0 Å². The molecule has 2 aromatic carbocycles. The molecule has 2 N–H and O–H groups in total. The molecule has 44 heavy (non-hydrogen) atoms. The van der Waals surface area contributed by atoms with E-state index in [0.29, 0.717) is 51.1 Å². The lowest BCUT2D eigenvalue weighted by Crippen LogP contribution is -2.53. The molecule has 0 saturated heterocycles. The topological polar surface area (TPSA) is 95.9 Å². The van der Waals surface area contributed by atoms with E-state index in [9.17, 15) is 18.3 Å². The highest BCUT2D eigenvalue weighted by atomic mass is 35.5. The summed E-state index contributed by atoms with van der Waals surface area (Å²) in [4.78, 5) is 15.8. The Morgan fingerprint density at radius 2 is 1.95 bits per heavy atom. The quantitative estimate of drug-likeness (QED) is 0.368. The molecule has 1 saturated carbocycles. The lowest BCUT2D eigenvalue weighted by Gasteiger charge is -2.50. The molecule has 238 valence electrons. The van der Waals surface area contributed by atoms with Crippen LogP contribution in [0.15, 0.2) is 49.1 Å². The van der Waals surface area contributed by atoms with Crippen LogP contribution in [0, 0.1) is 17.8 Å². The van der Waals surface area contributed by atoms with Gasteiger partial charge in [-0.25, -0.2) is 13.1 Å². The lowest BCUT2D eigenvalue weighted by molar-refractivity contribution is -0.0862. The average Bonchev–Trinajstić information content (AvgIpc) is 3.11. The number of carbonyl (C=O) groups is 1. The number of hydrogen-bond donors (Lipinski definition) is 2. The molecule has 2 aliphatic heterocycles. The summed E-state index contributed by atoms with van der Waals surface area (Å²) >= 11 is 6.41. The number of nitrogens with one attached hydrogen (secondary N) is 1. The molecular weight excluding hydrogens is 596 g/mol. The zero-order valence-corrected chi connectivity index (χ0v) is 27.4. The molecule has 0 unspecified atom stereocenters. The first-order valence-electron chi connectivity index (χ1n) is 16.1. The van der Waals surface area contributed by atoms with Crippen LogP contribution in [0.25, 0.3) is 0 Å². The molecule has 2 bridgehead atoms. The standard InChI is InChI=1S/C35H45ClN2O5S/c1-4-15-35(40)17-5-7-23(2)24(3)44(41,42)37-33(39)26-10-14-32-31(19-26)38(20-27-9-12-30(27)35)21-34(22-43-32)16-6-8-25-18-28(36)11-13-29(25)34/h4,10-11,13-14,18-19,23-24,27,30,40H,1,5-9,12,15-17,20-22H2,2-3H3,(H,37,39)/t23-,24+,27-,30+,34-,35+/m0/s1. The number of hydrogen-bond acceptors (Lipinski definition) is 6. The number of amides is 1. The highest BCUT2D eigenvalue weighted by Gasteiger charge is 2.48. The van der Waals surface area contributed by atoms with E-state index in [2.05, 4.69) is 28.3 Å². The normalized spacial score (nSPS) is 33.5. The summed E-state index contributed by atoms with van der Waals surface area (Å²) < 4.78 is 35.5. The molecule has 9 heteroatoms. The predicted molar refractivity (Wildman–Crippen MR) is 175 cm³/mol. The molecule has 1 spiro atoms. The Hall–Kier alpha value is -2.55. The highest BCUT2D eigenvalue weighted by molar-refractivity contribution is 7.90. The number of fused-ring (bicyclic) bond motifs is 4. The molecule has 1 amide bonds. The fourth-order valence-corrected chi connectivity index (χ4v) is 9.78. The van der Waals surface area contributed by atoms with Crippen molar-refractivity contribution in [3.05, 3.63) is 70.8 Å². The third-order valence-electron chi connectivity index (χ3n) is 11.2. The Balaban J connectivity index is 1.44. The van der Waals surface area contributed by atoms with Gasteiger partial charge < -0.3 is 14.7 Å². The van der Waals surface area contributed by atoms with Crippen LogP contribution >= 0.6 is 11.6 Å². The van der Waals surface area contributed by atoms with Gasteiger partial charge >= 0.3 is 0 Å². The van der Waals surface area contributed by atoms with E-state index >= 15 is 0 Å². The molecule has 1 fully saturated rings. The third kappa shape index (κ3) is 5.78. The second-order valence-corrected chi connectivity index (χ2v) is 16.4. The Bertz CT molecular complexity index is 1550. The van der Waals surface area contributed by atoms with Crippen molar-refractivity contribution in [1.82, 2.24) is 4.72 Å². The number of sulfonamides is 1. The number of nitrogens with zero attached hydrogens (tertiary/aromatic N) is 1. The summed E-state index contributed by atoms with van der Waals surface area (Å²) in [6.45, 7) is 9.42. The zero-order chi connectivity index (χ0) is 31.3. The zero-order valence-electron chi connectivity index (χ0n) is 25.9. The van der Waals surface area contributed by atoms with Gasteiger partial charge in [0.05, 0.1) is 23.1 Å². The minimum atomic E-state index is -3.92. The van der Waals surface area contributed by atoms with Crippen LogP contribution in [0.4, 0.5) is 5.69 Å². The Kier molecular flexibility index (Phi) is 8.57. The van der Waals surface area contributed by atoms with Gasteiger partial charge in [0.25, 0.3) is 5.91 Å². The third-order valence-corrected chi connectivity index (χ3v) is 13.3. The van der Waals surface area contributed by atoms with Gasteiger partial charge in [-0.15, -0.1) is 6.58 Å². The van der Waals surface area contributed by atoms with Crippen molar-refractivity contribution >= 4 is 33.2 Å². The van der Waals surface area contributed by atoms with E-state index in [0.717, 1.165) is 42.8 Å². The first-order valence-corrected chi connectivity index (χ1v) is 18.1. The molecule has 6 rings (SSSR count). The number of carbonyl (C=O) groups excluding carboxylic acids is 1. The molecule has 2 aromatic rings. The smallest absolute Gasteiger partial charge is 0.264 e. The van der Waals surface area contributed by atoms with Gasteiger partial charge in [0.2, 0.25) is 10.0 Å². The fraction of sp³-hybridized carbons (Fsp3) is 0.571. The number of ether oxygens (including phenoxy) is 1. The maximum absolute atomic E-state index is 13.4. The molecule has 7 nitrogen and oxygen atoms in total. The Labute approximate surface area is 267 Å². The first kappa shape index (κ1) is 31.4. The molecule has 2 heterocycles. The van der Waals surface area contributed by atoms with Crippen molar-refractivity contribution in [2.24, 2.45) is 17.8 Å². The summed E-state index contributed by atoms with van der Waals surface area (Å²) in [6.07, 6.45) is 9.17. The van der Waals surface area contributed by atoms with Crippen LogP contribution in [-0.4, -0.2) is 50.0 Å². The van der Waals surface area contributed by atoms with Gasteiger partial charge in [-0.05, 0) is 118 Å². The van der Waals surface area contributed by atoms with Gasteiger partial charge in [0, 0.05) is 29.1 Å². The Morgan fingerprint density at radius 3 is 2.70 bits per heavy atom. The molecular formula is C35H45ClN2O5S. The predicted octanol–water partition coefficient (Wildman–Crippen LogP) is 6.41. The highest BCUT2D eigenvalue weighted by Crippen LogP contribution is 2.49. The number of rotatable bonds is 2. The van der Waals surface area contributed by atoms with Crippen LogP contribution < -0.4 is 14.4 Å². The number of aliphatic hydroxyl groups is 1. The minimum absolute atomic E-state index is 0.109.